The highest BCUT2D eigenvalue weighted by molar-refractivity contribution is 7.57. The van der Waals surface area contributed by atoms with Crippen LogP contribution in [0.4, 0.5) is 0 Å². The van der Waals surface area contributed by atoms with Crippen molar-refractivity contribution in [2.24, 2.45) is 0 Å². The lowest BCUT2D eigenvalue weighted by Gasteiger charge is -2.29. The first-order valence-corrected chi connectivity index (χ1v) is 11.3. The summed E-state index contributed by atoms with van der Waals surface area (Å²) >= 11 is 0. The Morgan fingerprint density at radius 2 is 1.41 bits per heavy atom. The summed E-state index contributed by atoms with van der Waals surface area (Å²) in [6, 6.07) is 2.27. The second-order valence-electron chi connectivity index (χ2n) is 4.26. The minimum atomic E-state index is -1.85. The van der Waals surface area contributed by atoms with Gasteiger partial charge in [0, 0.05) is 13.2 Å². The second-order valence-corrected chi connectivity index (χ2v) is 10.9. The molecule has 0 saturated carbocycles. The molecule has 0 aromatic rings. The van der Waals surface area contributed by atoms with Gasteiger partial charge in [-0.05, 0) is 50.8 Å². The lowest BCUT2D eigenvalue weighted by atomic mass is 10.6. The minimum Gasteiger partial charge on any atom is -0.394 e. The van der Waals surface area contributed by atoms with E-state index in [4.69, 9.17) is 8.85 Å². The Morgan fingerprint density at radius 1 is 0.882 bits per heavy atom. The number of rotatable bonds is 11. The van der Waals surface area contributed by atoms with E-state index in [1.165, 1.54) is 31.0 Å². The van der Waals surface area contributed by atoms with Crippen molar-refractivity contribution in [1.82, 2.24) is 0 Å². The highest BCUT2D eigenvalue weighted by atomic mass is 31.1. The molecule has 0 radical (unpaired) electrons. The van der Waals surface area contributed by atoms with Crippen LogP contribution in [0.25, 0.3) is 0 Å². The van der Waals surface area contributed by atoms with Gasteiger partial charge in [0.2, 0.25) is 0 Å². The highest BCUT2D eigenvalue weighted by Gasteiger charge is 2.34. The van der Waals surface area contributed by atoms with Crippen molar-refractivity contribution in [3.63, 3.8) is 0 Å². The van der Waals surface area contributed by atoms with Crippen LogP contribution in [0.5, 0.6) is 0 Å². The van der Waals surface area contributed by atoms with Crippen molar-refractivity contribution < 1.29 is 8.85 Å². The average Bonchev–Trinajstić information content (AvgIpc) is 2.35. The van der Waals surface area contributed by atoms with Gasteiger partial charge in [-0.15, -0.1) is 7.92 Å². The van der Waals surface area contributed by atoms with E-state index < -0.39 is 8.56 Å². The highest BCUT2D eigenvalue weighted by Crippen LogP contribution is 2.36. The lowest BCUT2D eigenvalue weighted by Crippen LogP contribution is -2.41. The molecule has 0 fully saturated rings. The Bertz CT molecular complexity index is 169. The van der Waals surface area contributed by atoms with Crippen molar-refractivity contribution in [1.29, 1.82) is 0 Å². The smallest absolute Gasteiger partial charge is 0.337 e. The predicted molar refractivity (Wildman–Crippen MR) is 81.8 cm³/mol. The maximum Gasteiger partial charge on any atom is 0.337 e. The third-order valence-corrected chi connectivity index (χ3v) is 9.84. The second kappa shape index (κ2) is 10.5. The van der Waals surface area contributed by atoms with Crippen molar-refractivity contribution >= 4 is 16.5 Å². The Hall–Kier alpha value is 0.567. The topological polar surface area (TPSA) is 18.5 Å². The van der Waals surface area contributed by atoms with Gasteiger partial charge >= 0.3 is 8.56 Å². The van der Waals surface area contributed by atoms with E-state index in [0.29, 0.717) is 0 Å². The molecule has 0 unspecified atom stereocenters. The molecule has 0 aliphatic rings. The van der Waals surface area contributed by atoms with E-state index in [9.17, 15) is 0 Å². The minimum absolute atomic E-state index is 0.278. The first kappa shape index (κ1) is 17.6. The maximum atomic E-state index is 5.99. The van der Waals surface area contributed by atoms with Crippen LogP contribution in [0.1, 0.15) is 41.0 Å². The molecule has 0 heterocycles. The molecule has 4 heteroatoms. The van der Waals surface area contributed by atoms with Crippen molar-refractivity contribution in [2.75, 3.05) is 31.7 Å². The van der Waals surface area contributed by atoms with Crippen LogP contribution >= 0.6 is 7.92 Å². The summed E-state index contributed by atoms with van der Waals surface area (Å²) in [6.45, 7) is 12.6. The summed E-state index contributed by atoms with van der Waals surface area (Å²) in [7, 11) is -1.57. The van der Waals surface area contributed by atoms with Crippen LogP contribution in [-0.4, -0.2) is 40.3 Å². The van der Waals surface area contributed by atoms with Gasteiger partial charge in [-0.1, -0.05) is 20.8 Å². The number of hydrogen-bond donors (Lipinski definition) is 0. The molecule has 0 saturated heterocycles. The molecule has 104 valence electrons. The Kier molecular flexibility index (Phi) is 10.8. The SMILES string of the molecule is CCO[Si](CC)(CCCP(CC)CC)OCC. The zero-order chi connectivity index (χ0) is 13.1. The van der Waals surface area contributed by atoms with E-state index in [0.717, 1.165) is 19.3 Å². The molecule has 0 bridgehead atoms. The molecule has 17 heavy (non-hydrogen) atoms. The van der Waals surface area contributed by atoms with Crippen LogP contribution in [0.2, 0.25) is 12.1 Å². The zero-order valence-corrected chi connectivity index (χ0v) is 14.3. The van der Waals surface area contributed by atoms with Gasteiger partial charge in [0.15, 0.2) is 0 Å². The van der Waals surface area contributed by atoms with Gasteiger partial charge in [-0.2, -0.15) is 0 Å². The largest absolute Gasteiger partial charge is 0.394 e. The summed E-state index contributed by atoms with van der Waals surface area (Å²) in [5, 5.41) is 0. The quantitative estimate of drug-likeness (QED) is 0.411. The van der Waals surface area contributed by atoms with E-state index >= 15 is 0 Å². The predicted octanol–water partition coefficient (Wildman–Crippen LogP) is 4.43. The van der Waals surface area contributed by atoms with E-state index in [2.05, 4.69) is 34.6 Å². The fourth-order valence-corrected chi connectivity index (χ4v) is 7.09. The van der Waals surface area contributed by atoms with Crippen LogP contribution in [0.15, 0.2) is 0 Å². The third kappa shape index (κ3) is 6.90. The molecule has 0 rings (SSSR count). The molecule has 0 N–H and O–H groups in total. The first-order valence-electron chi connectivity index (χ1n) is 7.18. The van der Waals surface area contributed by atoms with Crippen LogP contribution in [0.3, 0.4) is 0 Å². The van der Waals surface area contributed by atoms with Gasteiger partial charge in [0.25, 0.3) is 0 Å². The molecule has 0 amide bonds. The fourth-order valence-electron chi connectivity index (χ4n) is 2.20. The van der Waals surface area contributed by atoms with E-state index in [1.54, 1.807) is 0 Å². The van der Waals surface area contributed by atoms with Crippen LogP contribution in [-0.2, 0) is 8.85 Å². The molecule has 0 spiro atoms. The zero-order valence-electron chi connectivity index (χ0n) is 12.4. The summed E-state index contributed by atoms with van der Waals surface area (Å²) in [4.78, 5) is 0. The first-order chi connectivity index (χ1) is 8.17. The van der Waals surface area contributed by atoms with Crippen LogP contribution in [0, 0.1) is 0 Å². The molecule has 0 atom stereocenters. The monoisotopic (exact) mass is 278 g/mol. The van der Waals surface area contributed by atoms with Crippen LogP contribution < -0.4 is 0 Å². The van der Waals surface area contributed by atoms with E-state index in [1.807, 2.05) is 0 Å². The van der Waals surface area contributed by atoms with Gasteiger partial charge in [0.05, 0.1) is 0 Å². The van der Waals surface area contributed by atoms with E-state index in [-0.39, 0.29) is 7.92 Å². The average molecular weight is 278 g/mol. The molecule has 0 aromatic carbocycles. The van der Waals surface area contributed by atoms with Gasteiger partial charge < -0.3 is 8.85 Å². The van der Waals surface area contributed by atoms with Crippen molar-refractivity contribution in [3.8, 4) is 0 Å². The Morgan fingerprint density at radius 3 is 1.76 bits per heavy atom. The van der Waals surface area contributed by atoms with Gasteiger partial charge in [-0.25, -0.2) is 0 Å². The number of hydrogen-bond acceptors (Lipinski definition) is 2. The lowest BCUT2D eigenvalue weighted by molar-refractivity contribution is 0.183. The Balaban J connectivity index is 4.14. The third-order valence-electron chi connectivity index (χ3n) is 3.28. The summed E-state index contributed by atoms with van der Waals surface area (Å²) in [5.41, 5.74) is 0. The summed E-state index contributed by atoms with van der Waals surface area (Å²) in [5.74, 6) is 0. The van der Waals surface area contributed by atoms with Crippen molar-refractivity contribution in [3.05, 3.63) is 0 Å². The fraction of sp³-hybridized carbons (Fsp3) is 1.00. The maximum absolute atomic E-state index is 5.99. The summed E-state index contributed by atoms with van der Waals surface area (Å²) < 4.78 is 12.0. The molecule has 0 aromatic heterocycles. The molecule has 0 aliphatic carbocycles. The Labute approximate surface area is 110 Å². The molecule has 0 aliphatic heterocycles. The molecular weight excluding hydrogens is 247 g/mol. The molecule has 2 nitrogen and oxygen atoms in total. The normalized spacial score (nSPS) is 12.4. The van der Waals surface area contributed by atoms with Gasteiger partial charge in [-0.3, -0.25) is 0 Å². The van der Waals surface area contributed by atoms with Gasteiger partial charge in [0.1, 0.15) is 0 Å². The standard InChI is InChI=1S/C13H31O2PSi/c1-6-14-17(10-5,15-7-2)13-11-12-16(8-3)9-4/h6-13H2,1-5H3. The summed E-state index contributed by atoms with van der Waals surface area (Å²) in [6.07, 6.45) is 5.44. The van der Waals surface area contributed by atoms with Crippen molar-refractivity contribution in [2.45, 2.75) is 53.1 Å². The molecular formula is C13H31O2PSi.